The molecule has 0 radical (unpaired) electrons. The first kappa shape index (κ1) is 16.3. The van der Waals surface area contributed by atoms with Crippen LogP contribution in [-0.2, 0) is 11.3 Å². The molecule has 0 heterocycles. The molecule has 112 valence electrons. The van der Waals surface area contributed by atoms with Crippen molar-refractivity contribution in [3.05, 3.63) is 23.8 Å². The average Bonchev–Trinajstić information content (AvgIpc) is 2.44. The number of carbonyl (C=O) groups is 1. The van der Waals surface area contributed by atoms with E-state index in [0.717, 1.165) is 17.1 Å². The molecule has 1 rings (SSSR count). The highest BCUT2D eigenvalue weighted by molar-refractivity contribution is 5.75. The summed E-state index contributed by atoms with van der Waals surface area (Å²) in [7, 11) is 7.06. The van der Waals surface area contributed by atoms with E-state index < -0.39 is 0 Å². The first-order valence-electron chi connectivity index (χ1n) is 6.73. The summed E-state index contributed by atoms with van der Waals surface area (Å²) in [6.45, 7) is 1.24. The van der Waals surface area contributed by atoms with Crippen molar-refractivity contribution in [2.24, 2.45) is 0 Å². The van der Waals surface area contributed by atoms with Crippen molar-refractivity contribution in [2.75, 3.05) is 34.9 Å². The molecule has 0 bridgehead atoms. The molecule has 1 N–H and O–H groups in total. The minimum absolute atomic E-state index is 0.124. The van der Waals surface area contributed by atoms with E-state index in [2.05, 4.69) is 5.32 Å². The van der Waals surface area contributed by atoms with Crippen LogP contribution in [0.25, 0.3) is 0 Å². The number of nitrogens with zero attached hydrogens (tertiary/aromatic N) is 1. The van der Waals surface area contributed by atoms with E-state index in [4.69, 9.17) is 9.47 Å². The molecule has 1 amide bonds. The Morgan fingerprint density at radius 3 is 2.70 bits per heavy atom. The summed E-state index contributed by atoms with van der Waals surface area (Å²) in [5.41, 5.74) is 1.05. The molecule has 0 spiro atoms. The van der Waals surface area contributed by atoms with Gasteiger partial charge in [-0.15, -0.1) is 0 Å². The molecule has 1 aromatic carbocycles. The highest BCUT2D eigenvalue weighted by Crippen LogP contribution is 2.24. The van der Waals surface area contributed by atoms with Crippen LogP contribution in [-0.4, -0.2) is 45.7 Å². The Bertz CT molecular complexity index is 433. The van der Waals surface area contributed by atoms with E-state index in [1.54, 1.807) is 26.1 Å². The van der Waals surface area contributed by atoms with Crippen LogP contribution in [0, 0.1) is 0 Å². The van der Waals surface area contributed by atoms with Crippen molar-refractivity contribution in [3.63, 3.8) is 0 Å². The van der Waals surface area contributed by atoms with Crippen LogP contribution in [0.4, 0.5) is 0 Å². The van der Waals surface area contributed by atoms with E-state index in [1.807, 2.05) is 25.2 Å². The number of hydrogen-bond donors (Lipinski definition) is 1. The van der Waals surface area contributed by atoms with Crippen molar-refractivity contribution in [3.8, 4) is 11.5 Å². The van der Waals surface area contributed by atoms with Gasteiger partial charge in [-0.05, 0) is 31.7 Å². The Labute approximate surface area is 120 Å². The van der Waals surface area contributed by atoms with Gasteiger partial charge in [-0.2, -0.15) is 0 Å². The Balaban J connectivity index is 2.52. The number of rotatable bonds is 8. The predicted octanol–water partition coefficient (Wildman–Crippen LogP) is 1.66. The molecule has 0 aromatic heterocycles. The fourth-order valence-electron chi connectivity index (χ4n) is 1.78. The van der Waals surface area contributed by atoms with Gasteiger partial charge in [0.1, 0.15) is 11.5 Å². The van der Waals surface area contributed by atoms with Crippen molar-refractivity contribution < 1.29 is 14.3 Å². The molecule has 0 aliphatic heterocycles. The molecule has 0 aliphatic rings. The molecule has 0 saturated carbocycles. The number of carbonyl (C=O) groups excluding carboxylic acids is 1. The summed E-state index contributed by atoms with van der Waals surface area (Å²) >= 11 is 0. The fourth-order valence-corrected chi connectivity index (χ4v) is 1.78. The number of ether oxygens (including phenoxy) is 2. The van der Waals surface area contributed by atoms with Crippen LogP contribution >= 0.6 is 0 Å². The normalized spacial score (nSPS) is 10.2. The highest BCUT2D eigenvalue weighted by Gasteiger charge is 2.07. The van der Waals surface area contributed by atoms with Gasteiger partial charge in [0.15, 0.2) is 0 Å². The van der Waals surface area contributed by atoms with Crippen molar-refractivity contribution >= 4 is 5.91 Å². The van der Waals surface area contributed by atoms with Gasteiger partial charge >= 0.3 is 0 Å². The van der Waals surface area contributed by atoms with Gasteiger partial charge in [0.2, 0.25) is 5.91 Å². The van der Waals surface area contributed by atoms with Gasteiger partial charge < -0.3 is 19.7 Å². The van der Waals surface area contributed by atoms with Crippen LogP contribution in [0.15, 0.2) is 18.2 Å². The monoisotopic (exact) mass is 280 g/mol. The summed E-state index contributed by atoms with van der Waals surface area (Å²) in [6, 6.07) is 5.73. The van der Waals surface area contributed by atoms with E-state index in [9.17, 15) is 4.79 Å². The maximum absolute atomic E-state index is 11.5. The summed E-state index contributed by atoms with van der Waals surface area (Å²) in [6.07, 6.45) is 1.21. The zero-order chi connectivity index (χ0) is 15.0. The van der Waals surface area contributed by atoms with Gasteiger partial charge in [0, 0.05) is 32.6 Å². The molecule has 5 heteroatoms. The number of benzene rings is 1. The smallest absolute Gasteiger partial charge is 0.222 e. The third-order valence-electron chi connectivity index (χ3n) is 2.93. The van der Waals surface area contributed by atoms with Crippen molar-refractivity contribution in [2.45, 2.75) is 19.4 Å². The SMILES string of the molecule is CNCc1cc(OC)ccc1OCCCC(=O)N(C)C. The number of nitrogens with one attached hydrogen (secondary N) is 1. The van der Waals surface area contributed by atoms with Crippen LogP contribution < -0.4 is 14.8 Å². The van der Waals surface area contributed by atoms with E-state index in [0.29, 0.717) is 26.0 Å². The molecule has 0 atom stereocenters. The summed E-state index contributed by atoms with van der Waals surface area (Å²) in [5.74, 6) is 1.77. The minimum atomic E-state index is 0.124. The second kappa shape index (κ2) is 8.43. The molecule has 0 unspecified atom stereocenters. The van der Waals surface area contributed by atoms with Gasteiger partial charge in [-0.1, -0.05) is 0 Å². The van der Waals surface area contributed by atoms with Crippen LogP contribution in [0.1, 0.15) is 18.4 Å². The van der Waals surface area contributed by atoms with Gasteiger partial charge in [-0.25, -0.2) is 0 Å². The molecule has 0 fully saturated rings. The van der Waals surface area contributed by atoms with E-state index in [-0.39, 0.29) is 5.91 Å². The van der Waals surface area contributed by atoms with Crippen LogP contribution in [0.5, 0.6) is 11.5 Å². The zero-order valence-electron chi connectivity index (χ0n) is 12.7. The van der Waals surface area contributed by atoms with Crippen molar-refractivity contribution in [1.82, 2.24) is 10.2 Å². The summed E-state index contributed by atoms with van der Waals surface area (Å²) in [4.78, 5) is 13.0. The first-order valence-corrected chi connectivity index (χ1v) is 6.73. The zero-order valence-corrected chi connectivity index (χ0v) is 12.7. The second-order valence-corrected chi connectivity index (χ2v) is 4.74. The lowest BCUT2D eigenvalue weighted by molar-refractivity contribution is -0.128. The Morgan fingerprint density at radius 2 is 2.10 bits per heavy atom. The molecular formula is C15H24N2O3. The first-order chi connectivity index (χ1) is 9.58. The number of methoxy groups -OCH3 is 1. The molecule has 0 aliphatic carbocycles. The lowest BCUT2D eigenvalue weighted by Crippen LogP contribution is -2.21. The maximum Gasteiger partial charge on any atom is 0.222 e. The van der Waals surface area contributed by atoms with Gasteiger partial charge in [-0.3, -0.25) is 4.79 Å². The number of hydrogen-bond acceptors (Lipinski definition) is 4. The minimum Gasteiger partial charge on any atom is -0.497 e. The van der Waals surface area contributed by atoms with Crippen molar-refractivity contribution in [1.29, 1.82) is 0 Å². The fraction of sp³-hybridized carbons (Fsp3) is 0.533. The van der Waals surface area contributed by atoms with Crippen LogP contribution in [0.3, 0.4) is 0 Å². The number of amides is 1. The second-order valence-electron chi connectivity index (χ2n) is 4.74. The summed E-state index contributed by atoms with van der Waals surface area (Å²) < 4.78 is 11.0. The van der Waals surface area contributed by atoms with Gasteiger partial charge in [0.25, 0.3) is 0 Å². The maximum atomic E-state index is 11.5. The molecular weight excluding hydrogens is 256 g/mol. The Kier molecular flexibility index (Phi) is 6.87. The molecule has 20 heavy (non-hydrogen) atoms. The Hall–Kier alpha value is -1.75. The van der Waals surface area contributed by atoms with E-state index >= 15 is 0 Å². The van der Waals surface area contributed by atoms with Crippen LogP contribution in [0.2, 0.25) is 0 Å². The lowest BCUT2D eigenvalue weighted by Gasteiger charge is -2.13. The quantitative estimate of drug-likeness (QED) is 0.736. The molecule has 0 saturated heterocycles. The topological polar surface area (TPSA) is 50.8 Å². The van der Waals surface area contributed by atoms with Gasteiger partial charge in [0.05, 0.1) is 13.7 Å². The Morgan fingerprint density at radius 1 is 1.35 bits per heavy atom. The highest BCUT2D eigenvalue weighted by atomic mass is 16.5. The third kappa shape index (κ3) is 5.09. The third-order valence-corrected chi connectivity index (χ3v) is 2.93. The average molecular weight is 280 g/mol. The summed E-state index contributed by atoms with van der Waals surface area (Å²) in [5, 5.41) is 3.10. The standard InChI is InChI=1S/C15H24N2O3/c1-16-11-12-10-13(19-4)7-8-14(12)20-9-5-6-15(18)17(2)3/h7-8,10,16H,5-6,9,11H2,1-4H3. The molecule has 5 nitrogen and oxygen atoms in total. The lowest BCUT2D eigenvalue weighted by atomic mass is 10.2. The predicted molar refractivity (Wildman–Crippen MR) is 79.2 cm³/mol. The molecule has 1 aromatic rings. The largest absolute Gasteiger partial charge is 0.497 e. The van der Waals surface area contributed by atoms with E-state index in [1.165, 1.54) is 0 Å².